The van der Waals surface area contributed by atoms with Crippen molar-refractivity contribution in [2.24, 2.45) is 11.8 Å². The molecule has 2 saturated heterocycles. The Balaban J connectivity index is 1.30. The molecule has 2 aliphatic rings. The van der Waals surface area contributed by atoms with Gasteiger partial charge in [-0.2, -0.15) is 0 Å². The van der Waals surface area contributed by atoms with Crippen molar-refractivity contribution < 1.29 is 14.0 Å². The number of nitrogens with zero attached hydrogens (tertiary/aromatic N) is 3. The van der Waals surface area contributed by atoms with Crippen molar-refractivity contribution in [3.05, 3.63) is 70.5 Å². The van der Waals surface area contributed by atoms with Gasteiger partial charge in [-0.05, 0) is 49.0 Å². The zero-order valence-electron chi connectivity index (χ0n) is 21.8. The minimum absolute atomic E-state index is 0.0246. The van der Waals surface area contributed by atoms with E-state index in [0.717, 1.165) is 51.3 Å². The third-order valence-electron chi connectivity index (χ3n) is 7.85. The number of rotatable bonds is 11. The summed E-state index contributed by atoms with van der Waals surface area (Å²) in [5.74, 6) is -0.0652. The van der Waals surface area contributed by atoms with Gasteiger partial charge < -0.3 is 20.0 Å². The molecule has 0 aliphatic carbocycles. The van der Waals surface area contributed by atoms with Gasteiger partial charge in [0.15, 0.2) is 0 Å². The van der Waals surface area contributed by atoms with Crippen molar-refractivity contribution in [3.8, 4) is 0 Å². The Labute approximate surface area is 224 Å². The molecule has 4 rings (SSSR count). The van der Waals surface area contributed by atoms with Crippen LogP contribution in [0.4, 0.5) is 4.39 Å². The summed E-state index contributed by atoms with van der Waals surface area (Å²) in [6, 6.07) is 14.5. The summed E-state index contributed by atoms with van der Waals surface area (Å²) in [7, 11) is 0. The van der Waals surface area contributed by atoms with Gasteiger partial charge in [-0.3, -0.25) is 9.59 Å². The van der Waals surface area contributed by atoms with Gasteiger partial charge in [-0.1, -0.05) is 61.8 Å². The highest BCUT2D eigenvalue weighted by Crippen LogP contribution is 2.33. The number of halogens is 2. The molecule has 37 heavy (non-hydrogen) atoms. The van der Waals surface area contributed by atoms with E-state index in [2.05, 4.69) is 41.1 Å². The van der Waals surface area contributed by atoms with Crippen LogP contribution in [0.15, 0.2) is 48.5 Å². The average Bonchev–Trinajstić information content (AvgIpc) is 3.46. The highest BCUT2D eigenvalue weighted by Gasteiger charge is 2.42. The predicted octanol–water partition coefficient (Wildman–Crippen LogP) is 4.46. The van der Waals surface area contributed by atoms with E-state index in [1.54, 1.807) is 11.0 Å². The van der Waals surface area contributed by atoms with Gasteiger partial charge >= 0.3 is 0 Å². The van der Waals surface area contributed by atoms with E-state index in [1.165, 1.54) is 12.1 Å². The molecular formula is C29H38ClFN4O2. The Kier molecular flexibility index (Phi) is 9.57. The summed E-state index contributed by atoms with van der Waals surface area (Å²) in [6.07, 6.45) is 1.32. The number of benzene rings is 2. The van der Waals surface area contributed by atoms with Gasteiger partial charge in [-0.25, -0.2) is 4.39 Å². The van der Waals surface area contributed by atoms with Gasteiger partial charge in [0, 0.05) is 45.7 Å². The minimum Gasteiger partial charge on any atom is -0.349 e. The smallest absolute Gasteiger partial charge is 0.258 e. The molecule has 2 aromatic rings. The lowest BCUT2D eigenvalue weighted by Gasteiger charge is -2.25. The first-order valence-electron chi connectivity index (χ1n) is 13.4. The number of likely N-dealkylation sites (tertiary alicyclic amines) is 2. The third kappa shape index (κ3) is 6.89. The molecule has 2 aliphatic heterocycles. The second-order valence-electron chi connectivity index (χ2n) is 10.2. The van der Waals surface area contributed by atoms with Crippen LogP contribution in [0.5, 0.6) is 0 Å². The molecular weight excluding hydrogens is 491 g/mol. The van der Waals surface area contributed by atoms with Crippen LogP contribution in [0.2, 0.25) is 5.02 Å². The lowest BCUT2D eigenvalue weighted by Crippen LogP contribution is -2.36. The van der Waals surface area contributed by atoms with E-state index in [4.69, 9.17) is 11.6 Å². The first-order valence-corrected chi connectivity index (χ1v) is 13.8. The molecule has 0 spiro atoms. The summed E-state index contributed by atoms with van der Waals surface area (Å²) < 4.78 is 14.3. The molecule has 3 atom stereocenters. The molecule has 2 heterocycles. The van der Waals surface area contributed by atoms with Crippen LogP contribution in [0.1, 0.15) is 48.7 Å². The fourth-order valence-electron chi connectivity index (χ4n) is 5.68. The lowest BCUT2D eigenvalue weighted by molar-refractivity contribution is -0.122. The highest BCUT2D eigenvalue weighted by atomic mass is 35.5. The van der Waals surface area contributed by atoms with Gasteiger partial charge in [0.05, 0.1) is 16.6 Å². The third-order valence-corrected chi connectivity index (χ3v) is 8.16. The van der Waals surface area contributed by atoms with E-state index >= 15 is 0 Å². The Morgan fingerprint density at radius 3 is 2.32 bits per heavy atom. The topological polar surface area (TPSA) is 55.9 Å². The molecule has 0 aromatic heterocycles. The maximum absolute atomic E-state index is 14.3. The van der Waals surface area contributed by atoms with E-state index in [-0.39, 0.29) is 28.4 Å². The molecule has 6 nitrogen and oxygen atoms in total. The van der Waals surface area contributed by atoms with Gasteiger partial charge in [0.1, 0.15) is 5.82 Å². The van der Waals surface area contributed by atoms with E-state index in [9.17, 15) is 14.0 Å². The van der Waals surface area contributed by atoms with E-state index in [0.29, 0.717) is 31.3 Å². The Bertz CT molecular complexity index is 1030. The number of hydrogen-bond donors (Lipinski definition) is 1. The number of amides is 2. The van der Waals surface area contributed by atoms with Crippen molar-refractivity contribution in [1.82, 2.24) is 20.0 Å². The summed E-state index contributed by atoms with van der Waals surface area (Å²) >= 11 is 6.13. The van der Waals surface area contributed by atoms with E-state index in [1.807, 2.05) is 18.2 Å². The standard InChI is InChI=1S/C29H38ClFN4O2/c1-3-33(4-2)16-14-27(36)32-26(21-9-6-5-7-10-21)13-15-34-17-22-19-35(20-23(22)18-34)29(37)28-24(30)11-8-12-25(28)31/h5-12,22-23,26H,3-4,13-20H2,1-2H3,(H,32,36)/t22-,23?,26?/m0/s1. The van der Waals surface area contributed by atoms with Crippen LogP contribution >= 0.6 is 11.6 Å². The van der Waals surface area contributed by atoms with Gasteiger partial charge in [-0.15, -0.1) is 0 Å². The van der Waals surface area contributed by atoms with Crippen molar-refractivity contribution in [1.29, 1.82) is 0 Å². The van der Waals surface area contributed by atoms with Crippen LogP contribution in [0.3, 0.4) is 0 Å². The first-order chi connectivity index (χ1) is 17.9. The maximum atomic E-state index is 14.3. The van der Waals surface area contributed by atoms with E-state index < -0.39 is 5.82 Å². The Morgan fingerprint density at radius 2 is 1.70 bits per heavy atom. The summed E-state index contributed by atoms with van der Waals surface area (Å²) in [5, 5.41) is 3.43. The molecule has 2 aromatic carbocycles. The molecule has 8 heteroatoms. The zero-order chi connectivity index (χ0) is 26.4. The van der Waals surface area contributed by atoms with Crippen molar-refractivity contribution in [3.63, 3.8) is 0 Å². The van der Waals surface area contributed by atoms with Crippen LogP contribution in [0.25, 0.3) is 0 Å². The SMILES string of the molecule is CCN(CC)CCC(=O)NC(CCN1CC2CN(C(=O)c3c(F)cccc3Cl)C[C@@H]2C1)c1ccccc1. The van der Waals surface area contributed by atoms with Crippen LogP contribution < -0.4 is 5.32 Å². The number of nitrogens with one attached hydrogen (secondary N) is 1. The summed E-state index contributed by atoms with van der Waals surface area (Å²) in [6.45, 7) is 10.8. The highest BCUT2D eigenvalue weighted by molar-refractivity contribution is 6.33. The number of hydrogen-bond acceptors (Lipinski definition) is 4. The van der Waals surface area contributed by atoms with Crippen LogP contribution in [-0.4, -0.2) is 78.9 Å². The molecule has 1 N–H and O–H groups in total. The average molecular weight is 529 g/mol. The number of carbonyl (C=O) groups is 2. The Morgan fingerprint density at radius 1 is 1.03 bits per heavy atom. The fraction of sp³-hybridized carbons (Fsp3) is 0.517. The first kappa shape index (κ1) is 27.6. The molecule has 0 saturated carbocycles. The molecule has 0 radical (unpaired) electrons. The Hall–Kier alpha value is -2.48. The summed E-state index contributed by atoms with van der Waals surface area (Å²) in [4.78, 5) is 32.2. The quantitative estimate of drug-likeness (QED) is 0.468. The number of carbonyl (C=O) groups excluding carboxylic acids is 2. The normalized spacial score (nSPS) is 20.3. The molecule has 2 unspecified atom stereocenters. The molecule has 200 valence electrons. The molecule has 0 bridgehead atoms. The molecule has 2 amide bonds. The largest absolute Gasteiger partial charge is 0.349 e. The predicted molar refractivity (Wildman–Crippen MR) is 145 cm³/mol. The fourth-order valence-corrected chi connectivity index (χ4v) is 5.93. The minimum atomic E-state index is -0.567. The monoisotopic (exact) mass is 528 g/mol. The van der Waals surface area contributed by atoms with Gasteiger partial charge in [0.25, 0.3) is 5.91 Å². The van der Waals surface area contributed by atoms with Crippen molar-refractivity contribution in [2.45, 2.75) is 32.7 Å². The second kappa shape index (κ2) is 12.9. The van der Waals surface area contributed by atoms with Crippen molar-refractivity contribution in [2.75, 3.05) is 52.4 Å². The van der Waals surface area contributed by atoms with Crippen LogP contribution in [-0.2, 0) is 4.79 Å². The summed E-state index contributed by atoms with van der Waals surface area (Å²) in [5.41, 5.74) is 1.10. The maximum Gasteiger partial charge on any atom is 0.258 e. The van der Waals surface area contributed by atoms with Gasteiger partial charge in [0.2, 0.25) is 5.91 Å². The van der Waals surface area contributed by atoms with Crippen LogP contribution in [0, 0.1) is 17.7 Å². The van der Waals surface area contributed by atoms with Crippen molar-refractivity contribution >= 4 is 23.4 Å². The lowest BCUT2D eigenvalue weighted by atomic mass is 10.0. The zero-order valence-corrected chi connectivity index (χ0v) is 22.6. The molecule has 2 fully saturated rings. The number of fused-ring (bicyclic) bond motifs is 1. The second-order valence-corrected chi connectivity index (χ2v) is 10.6.